The fraction of sp³-hybridized carbons (Fsp3) is 0.500. The van der Waals surface area contributed by atoms with E-state index in [1.54, 1.807) is 18.2 Å². The minimum Gasteiger partial charge on any atom is -0.478 e. The molecule has 17 heavy (non-hydrogen) atoms. The third-order valence-corrected chi connectivity index (χ3v) is 2.90. The van der Waals surface area contributed by atoms with Crippen molar-refractivity contribution in [1.29, 1.82) is 0 Å². The second-order valence-corrected chi connectivity index (χ2v) is 4.28. The van der Waals surface area contributed by atoms with Gasteiger partial charge in [-0.05, 0) is 30.5 Å². The van der Waals surface area contributed by atoms with E-state index in [0.717, 1.165) is 24.9 Å². The van der Waals surface area contributed by atoms with Crippen LogP contribution in [-0.2, 0) is 6.54 Å². The summed E-state index contributed by atoms with van der Waals surface area (Å²) >= 11 is 0. The van der Waals surface area contributed by atoms with Gasteiger partial charge in [-0.15, -0.1) is 0 Å². The standard InChI is InChI=1S/C14H21NO2/c1-3-6-13(4-2)15-10-11-7-5-8-12(9-11)14(16)17/h5,7-9,13,15H,3-4,6,10H2,1-2H3,(H,16,17). The van der Waals surface area contributed by atoms with Crippen LogP contribution < -0.4 is 5.32 Å². The van der Waals surface area contributed by atoms with E-state index in [-0.39, 0.29) is 0 Å². The molecule has 0 spiro atoms. The molecule has 0 heterocycles. The molecule has 0 fully saturated rings. The minimum absolute atomic E-state index is 0.354. The van der Waals surface area contributed by atoms with Crippen LogP contribution in [0.25, 0.3) is 0 Å². The van der Waals surface area contributed by atoms with Crippen molar-refractivity contribution in [2.75, 3.05) is 0 Å². The van der Waals surface area contributed by atoms with E-state index in [1.807, 2.05) is 6.07 Å². The molecule has 2 N–H and O–H groups in total. The molecule has 0 aliphatic rings. The summed E-state index contributed by atoms with van der Waals surface area (Å²) in [6, 6.07) is 7.62. The molecule has 0 aliphatic heterocycles. The third kappa shape index (κ3) is 4.57. The minimum atomic E-state index is -0.868. The highest BCUT2D eigenvalue weighted by atomic mass is 16.4. The molecule has 3 heteroatoms. The van der Waals surface area contributed by atoms with Crippen LogP contribution in [0.15, 0.2) is 24.3 Å². The fourth-order valence-electron chi connectivity index (χ4n) is 1.88. The first kappa shape index (κ1) is 13.7. The lowest BCUT2D eigenvalue weighted by atomic mass is 10.1. The Morgan fingerprint density at radius 1 is 1.41 bits per heavy atom. The van der Waals surface area contributed by atoms with Crippen molar-refractivity contribution in [3.63, 3.8) is 0 Å². The van der Waals surface area contributed by atoms with Gasteiger partial charge in [0.25, 0.3) is 0 Å². The second kappa shape index (κ2) is 7.07. The van der Waals surface area contributed by atoms with E-state index in [1.165, 1.54) is 6.42 Å². The summed E-state index contributed by atoms with van der Waals surface area (Å²) in [6.45, 7) is 5.08. The zero-order valence-corrected chi connectivity index (χ0v) is 10.6. The quantitative estimate of drug-likeness (QED) is 0.763. The van der Waals surface area contributed by atoms with Gasteiger partial charge < -0.3 is 10.4 Å². The maximum absolute atomic E-state index is 10.8. The summed E-state index contributed by atoms with van der Waals surface area (Å²) in [6.07, 6.45) is 3.43. The highest BCUT2D eigenvalue weighted by molar-refractivity contribution is 5.87. The second-order valence-electron chi connectivity index (χ2n) is 4.28. The van der Waals surface area contributed by atoms with Crippen LogP contribution in [0.3, 0.4) is 0 Å². The van der Waals surface area contributed by atoms with Crippen molar-refractivity contribution >= 4 is 5.97 Å². The molecule has 94 valence electrons. The fourth-order valence-corrected chi connectivity index (χ4v) is 1.88. The van der Waals surface area contributed by atoms with Gasteiger partial charge in [-0.25, -0.2) is 4.79 Å². The van der Waals surface area contributed by atoms with Crippen LogP contribution in [0.5, 0.6) is 0 Å². The van der Waals surface area contributed by atoms with Crippen LogP contribution in [0.4, 0.5) is 0 Å². The molecule has 1 aromatic rings. The van der Waals surface area contributed by atoms with Crippen LogP contribution in [0.2, 0.25) is 0 Å². The predicted molar refractivity (Wildman–Crippen MR) is 69.2 cm³/mol. The van der Waals surface area contributed by atoms with Gasteiger partial charge >= 0.3 is 5.97 Å². The molecule has 1 rings (SSSR count). The SMILES string of the molecule is CCCC(CC)NCc1cccc(C(=O)O)c1. The van der Waals surface area contributed by atoms with Gasteiger partial charge in [-0.1, -0.05) is 32.4 Å². The third-order valence-electron chi connectivity index (χ3n) is 2.90. The van der Waals surface area contributed by atoms with E-state index in [0.29, 0.717) is 11.6 Å². The molecule has 0 bridgehead atoms. The van der Waals surface area contributed by atoms with E-state index in [4.69, 9.17) is 5.11 Å². The largest absolute Gasteiger partial charge is 0.478 e. The van der Waals surface area contributed by atoms with Gasteiger partial charge in [-0.2, -0.15) is 0 Å². The van der Waals surface area contributed by atoms with Crippen molar-refractivity contribution in [3.8, 4) is 0 Å². The summed E-state index contributed by atoms with van der Waals surface area (Å²) in [4.78, 5) is 10.8. The Morgan fingerprint density at radius 3 is 2.76 bits per heavy atom. The Labute approximate surface area is 103 Å². The van der Waals surface area contributed by atoms with Gasteiger partial charge in [0, 0.05) is 12.6 Å². The Kier molecular flexibility index (Phi) is 5.70. The Morgan fingerprint density at radius 2 is 2.18 bits per heavy atom. The molecule has 0 aliphatic carbocycles. The number of rotatable bonds is 7. The Balaban J connectivity index is 2.56. The smallest absolute Gasteiger partial charge is 0.335 e. The number of carboxylic acid groups (broad SMARTS) is 1. The monoisotopic (exact) mass is 235 g/mol. The average molecular weight is 235 g/mol. The molecular formula is C14H21NO2. The lowest BCUT2D eigenvalue weighted by molar-refractivity contribution is 0.0696. The molecule has 0 saturated heterocycles. The van der Waals surface area contributed by atoms with Gasteiger partial charge in [0.1, 0.15) is 0 Å². The predicted octanol–water partition coefficient (Wildman–Crippen LogP) is 3.05. The first-order chi connectivity index (χ1) is 8.17. The van der Waals surface area contributed by atoms with E-state index in [9.17, 15) is 4.79 Å². The van der Waals surface area contributed by atoms with E-state index >= 15 is 0 Å². The molecule has 0 aromatic heterocycles. The number of nitrogens with one attached hydrogen (secondary N) is 1. The van der Waals surface area contributed by atoms with Gasteiger partial charge in [0.15, 0.2) is 0 Å². The summed E-state index contributed by atoms with van der Waals surface area (Å²) in [5, 5.41) is 12.4. The summed E-state index contributed by atoms with van der Waals surface area (Å²) in [7, 11) is 0. The van der Waals surface area contributed by atoms with E-state index < -0.39 is 5.97 Å². The van der Waals surface area contributed by atoms with Crippen molar-refractivity contribution in [2.45, 2.75) is 45.7 Å². The van der Waals surface area contributed by atoms with Gasteiger partial charge in [-0.3, -0.25) is 0 Å². The molecule has 3 nitrogen and oxygen atoms in total. The van der Waals surface area contributed by atoms with Gasteiger partial charge in [0.2, 0.25) is 0 Å². The Bertz CT molecular complexity index is 363. The number of aromatic carboxylic acids is 1. The molecule has 0 saturated carbocycles. The molecule has 0 radical (unpaired) electrons. The van der Waals surface area contributed by atoms with Crippen molar-refractivity contribution < 1.29 is 9.90 Å². The molecular weight excluding hydrogens is 214 g/mol. The number of hydrogen-bond donors (Lipinski definition) is 2. The lowest BCUT2D eigenvalue weighted by Gasteiger charge is -2.16. The maximum Gasteiger partial charge on any atom is 0.335 e. The highest BCUT2D eigenvalue weighted by Crippen LogP contribution is 2.07. The average Bonchev–Trinajstić information content (AvgIpc) is 2.34. The van der Waals surface area contributed by atoms with Crippen molar-refractivity contribution in [3.05, 3.63) is 35.4 Å². The Hall–Kier alpha value is -1.35. The van der Waals surface area contributed by atoms with Crippen LogP contribution in [0.1, 0.15) is 49.0 Å². The zero-order valence-electron chi connectivity index (χ0n) is 10.6. The summed E-state index contributed by atoms with van der Waals surface area (Å²) in [5.41, 5.74) is 1.38. The van der Waals surface area contributed by atoms with Crippen LogP contribution >= 0.6 is 0 Å². The van der Waals surface area contributed by atoms with Crippen LogP contribution in [0, 0.1) is 0 Å². The van der Waals surface area contributed by atoms with Crippen molar-refractivity contribution in [1.82, 2.24) is 5.32 Å². The summed E-state index contributed by atoms with van der Waals surface area (Å²) in [5.74, 6) is -0.868. The molecule has 1 unspecified atom stereocenters. The zero-order chi connectivity index (χ0) is 12.7. The topological polar surface area (TPSA) is 49.3 Å². The number of benzene rings is 1. The lowest BCUT2D eigenvalue weighted by Crippen LogP contribution is -2.27. The van der Waals surface area contributed by atoms with E-state index in [2.05, 4.69) is 19.2 Å². The molecule has 0 amide bonds. The molecule has 1 aromatic carbocycles. The molecule has 1 atom stereocenters. The maximum atomic E-state index is 10.8. The summed E-state index contributed by atoms with van der Waals surface area (Å²) < 4.78 is 0. The highest BCUT2D eigenvalue weighted by Gasteiger charge is 2.06. The number of hydrogen-bond acceptors (Lipinski definition) is 2. The normalized spacial score (nSPS) is 12.4. The first-order valence-corrected chi connectivity index (χ1v) is 6.23. The van der Waals surface area contributed by atoms with Crippen LogP contribution in [-0.4, -0.2) is 17.1 Å². The number of carbonyl (C=O) groups is 1. The van der Waals surface area contributed by atoms with Gasteiger partial charge in [0.05, 0.1) is 5.56 Å². The van der Waals surface area contributed by atoms with Crippen molar-refractivity contribution in [2.24, 2.45) is 0 Å². The number of carboxylic acids is 1. The first-order valence-electron chi connectivity index (χ1n) is 6.23.